The van der Waals surface area contributed by atoms with Gasteiger partial charge in [0.15, 0.2) is 16.8 Å². The highest BCUT2D eigenvalue weighted by Gasteiger charge is 2.18. The third-order valence-corrected chi connectivity index (χ3v) is 5.67. The van der Waals surface area contributed by atoms with Gasteiger partial charge in [0, 0.05) is 22.6 Å². The van der Waals surface area contributed by atoms with Gasteiger partial charge >= 0.3 is 0 Å². The Labute approximate surface area is 177 Å². The Kier molecular flexibility index (Phi) is 6.69. The van der Waals surface area contributed by atoms with Crippen LogP contribution in [0.2, 0.25) is 5.02 Å². The van der Waals surface area contributed by atoms with Crippen molar-refractivity contribution in [2.75, 3.05) is 11.1 Å². The van der Waals surface area contributed by atoms with Gasteiger partial charge in [0.05, 0.1) is 16.5 Å². The summed E-state index contributed by atoms with van der Waals surface area (Å²) >= 11 is 10.4. The molecule has 0 aliphatic carbocycles. The third-order valence-electron chi connectivity index (χ3n) is 3.75. The first-order chi connectivity index (χ1) is 13.4. The Morgan fingerprint density at radius 2 is 2.04 bits per heavy atom. The lowest BCUT2D eigenvalue weighted by atomic mass is 10.2. The van der Waals surface area contributed by atoms with Crippen molar-refractivity contribution < 1.29 is 13.6 Å². The Hall–Kier alpha value is -1.97. The quantitative estimate of drug-likeness (QED) is 0.474. The van der Waals surface area contributed by atoms with Crippen LogP contribution in [-0.4, -0.2) is 26.4 Å². The highest BCUT2D eigenvalue weighted by atomic mass is 79.9. The number of halogens is 4. The summed E-state index contributed by atoms with van der Waals surface area (Å²) in [5.74, 6) is -1.48. The first-order valence-corrected chi connectivity index (χ1v) is 10.3. The van der Waals surface area contributed by atoms with Gasteiger partial charge in [0.1, 0.15) is 5.82 Å². The number of rotatable bonds is 6. The molecule has 1 N–H and O–H groups in total. The number of aromatic nitrogens is 3. The second-order valence-electron chi connectivity index (χ2n) is 5.61. The molecule has 1 heterocycles. The highest BCUT2D eigenvalue weighted by Crippen LogP contribution is 2.30. The zero-order valence-corrected chi connectivity index (χ0v) is 17.7. The lowest BCUT2D eigenvalue weighted by Crippen LogP contribution is -2.16. The fourth-order valence-electron chi connectivity index (χ4n) is 2.49. The molecule has 0 bridgehead atoms. The van der Waals surface area contributed by atoms with Gasteiger partial charge in [-0.2, -0.15) is 0 Å². The predicted octanol–water partition coefficient (Wildman–Crippen LogP) is 5.39. The van der Waals surface area contributed by atoms with E-state index in [1.54, 1.807) is 6.07 Å². The van der Waals surface area contributed by atoms with Crippen LogP contribution in [0.5, 0.6) is 0 Å². The summed E-state index contributed by atoms with van der Waals surface area (Å²) in [6, 6.07) is 9.07. The van der Waals surface area contributed by atoms with E-state index in [-0.39, 0.29) is 15.9 Å². The van der Waals surface area contributed by atoms with E-state index in [0.717, 1.165) is 23.4 Å². The monoisotopic (exact) mass is 486 g/mol. The van der Waals surface area contributed by atoms with Gasteiger partial charge in [-0.3, -0.25) is 4.79 Å². The Balaban J connectivity index is 1.73. The number of hydrogen-bond donors (Lipinski definition) is 1. The van der Waals surface area contributed by atoms with E-state index in [1.165, 1.54) is 0 Å². The SMILES string of the molecule is CCn1c(SCC(=O)Nc2c(F)cc(F)cc2Br)nnc1-c1ccccc1Cl. The second kappa shape index (κ2) is 9.02. The van der Waals surface area contributed by atoms with Crippen molar-refractivity contribution in [1.29, 1.82) is 0 Å². The van der Waals surface area contributed by atoms with Crippen molar-refractivity contribution in [1.82, 2.24) is 14.8 Å². The van der Waals surface area contributed by atoms with Crippen molar-refractivity contribution in [3.63, 3.8) is 0 Å². The number of anilines is 1. The van der Waals surface area contributed by atoms with Gasteiger partial charge in [-0.05, 0) is 41.1 Å². The van der Waals surface area contributed by atoms with Crippen LogP contribution < -0.4 is 5.32 Å². The number of benzene rings is 2. The van der Waals surface area contributed by atoms with Crippen molar-refractivity contribution in [2.45, 2.75) is 18.6 Å². The molecule has 1 aromatic heterocycles. The molecule has 3 rings (SSSR count). The summed E-state index contributed by atoms with van der Waals surface area (Å²) in [5.41, 5.74) is 0.632. The van der Waals surface area contributed by atoms with Crippen LogP contribution in [0.15, 0.2) is 46.0 Å². The van der Waals surface area contributed by atoms with Crippen LogP contribution in [0.1, 0.15) is 6.92 Å². The molecule has 0 radical (unpaired) electrons. The summed E-state index contributed by atoms with van der Waals surface area (Å²) in [4.78, 5) is 12.2. The molecule has 0 spiro atoms. The molecule has 28 heavy (non-hydrogen) atoms. The smallest absolute Gasteiger partial charge is 0.234 e. The van der Waals surface area contributed by atoms with E-state index in [9.17, 15) is 13.6 Å². The number of nitrogens with zero attached hydrogens (tertiary/aromatic N) is 3. The van der Waals surface area contributed by atoms with Gasteiger partial charge in [0.2, 0.25) is 5.91 Å². The largest absolute Gasteiger partial charge is 0.322 e. The summed E-state index contributed by atoms with van der Waals surface area (Å²) in [6.45, 7) is 2.51. The molecule has 0 aliphatic rings. The molecule has 0 fully saturated rings. The van der Waals surface area contributed by atoms with Crippen molar-refractivity contribution in [3.8, 4) is 11.4 Å². The maximum atomic E-state index is 13.9. The molecule has 0 unspecified atom stereocenters. The molecule has 1 amide bonds. The van der Waals surface area contributed by atoms with E-state index in [1.807, 2.05) is 29.7 Å². The lowest BCUT2D eigenvalue weighted by molar-refractivity contribution is -0.113. The fraction of sp³-hybridized carbons (Fsp3) is 0.167. The molecule has 0 aliphatic heterocycles. The molecule has 0 atom stereocenters. The number of carbonyl (C=O) groups is 1. The number of hydrogen-bond acceptors (Lipinski definition) is 4. The average Bonchev–Trinajstić information content (AvgIpc) is 3.06. The Bertz CT molecular complexity index is 1010. The maximum Gasteiger partial charge on any atom is 0.234 e. The molecule has 0 saturated heterocycles. The Morgan fingerprint density at radius 3 is 2.71 bits per heavy atom. The van der Waals surface area contributed by atoms with E-state index in [2.05, 4.69) is 31.4 Å². The molecule has 5 nitrogen and oxygen atoms in total. The molecule has 0 saturated carbocycles. The van der Waals surface area contributed by atoms with Crippen LogP contribution in [0, 0.1) is 11.6 Å². The summed E-state index contributed by atoms with van der Waals surface area (Å²) in [5, 5.41) is 11.8. The minimum atomic E-state index is -0.858. The van der Waals surface area contributed by atoms with E-state index in [0.29, 0.717) is 28.6 Å². The molecular weight excluding hydrogens is 474 g/mol. The molecule has 3 aromatic rings. The summed E-state index contributed by atoms with van der Waals surface area (Å²) < 4.78 is 29.0. The normalized spacial score (nSPS) is 10.9. The lowest BCUT2D eigenvalue weighted by Gasteiger charge is -2.10. The van der Waals surface area contributed by atoms with E-state index in [4.69, 9.17) is 11.6 Å². The second-order valence-corrected chi connectivity index (χ2v) is 7.82. The zero-order chi connectivity index (χ0) is 20.3. The molecule has 10 heteroatoms. The molecular formula is C18H14BrClF2N4OS. The van der Waals surface area contributed by atoms with Gasteiger partial charge in [-0.1, -0.05) is 35.5 Å². The van der Waals surface area contributed by atoms with Crippen molar-refractivity contribution in [2.24, 2.45) is 0 Å². The van der Waals surface area contributed by atoms with E-state index < -0.39 is 17.5 Å². The molecule has 146 valence electrons. The number of nitrogens with one attached hydrogen (secondary N) is 1. The highest BCUT2D eigenvalue weighted by molar-refractivity contribution is 9.10. The fourth-order valence-corrected chi connectivity index (χ4v) is 4.02. The predicted molar refractivity (Wildman–Crippen MR) is 110 cm³/mol. The topological polar surface area (TPSA) is 59.8 Å². The van der Waals surface area contributed by atoms with Crippen LogP contribution in [0.25, 0.3) is 11.4 Å². The van der Waals surface area contributed by atoms with Crippen LogP contribution in [-0.2, 0) is 11.3 Å². The van der Waals surface area contributed by atoms with E-state index >= 15 is 0 Å². The summed E-state index contributed by atoms with van der Waals surface area (Å²) in [6.07, 6.45) is 0. The summed E-state index contributed by atoms with van der Waals surface area (Å²) in [7, 11) is 0. The maximum absolute atomic E-state index is 13.9. The first kappa shape index (κ1) is 20.8. The van der Waals surface area contributed by atoms with Crippen LogP contribution in [0.4, 0.5) is 14.5 Å². The van der Waals surface area contributed by atoms with Gasteiger partial charge in [-0.25, -0.2) is 8.78 Å². The van der Waals surface area contributed by atoms with Crippen molar-refractivity contribution in [3.05, 3.63) is 57.5 Å². The first-order valence-electron chi connectivity index (χ1n) is 8.16. The molecule has 2 aromatic carbocycles. The number of carbonyl (C=O) groups excluding carboxylic acids is 1. The minimum Gasteiger partial charge on any atom is -0.322 e. The standard InChI is InChI=1S/C18H14BrClF2N4OS/c1-2-26-17(11-5-3-4-6-13(11)20)24-25-18(26)28-9-15(27)23-16-12(19)7-10(21)8-14(16)22/h3-8H,2,9H2,1H3,(H,23,27). The average molecular weight is 488 g/mol. The minimum absolute atomic E-state index is 0.0239. The van der Waals surface area contributed by atoms with Crippen LogP contribution >= 0.6 is 39.3 Å². The zero-order valence-electron chi connectivity index (χ0n) is 14.5. The van der Waals surface area contributed by atoms with Crippen LogP contribution in [0.3, 0.4) is 0 Å². The number of amides is 1. The Morgan fingerprint density at radius 1 is 1.29 bits per heavy atom. The van der Waals surface area contributed by atoms with Gasteiger partial charge in [0.25, 0.3) is 0 Å². The van der Waals surface area contributed by atoms with Gasteiger partial charge in [-0.15, -0.1) is 10.2 Å². The van der Waals surface area contributed by atoms with Crippen molar-refractivity contribution >= 4 is 50.9 Å². The third kappa shape index (κ3) is 4.53. The van der Waals surface area contributed by atoms with Gasteiger partial charge < -0.3 is 9.88 Å². The number of thioether (sulfide) groups is 1.